The first kappa shape index (κ1) is 12.3. The van der Waals surface area contributed by atoms with E-state index in [2.05, 4.69) is 14.5 Å². The van der Waals surface area contributed by atoms with E-state index in [1.165, 1.54) is 0 Å². The third-order valence-electron chi connectivity index (χ3n) is 1.83. The predicted molar refractivity (Wildman–Crippen MR) is 47.1 cm³/mol. The number of aromatic nitrogens is 1. The van der Waals surface area contributed by atoms with Crippen molar-refractivity contribution in [1.29, 1.82) is 0 Å². The third-order valence-corrected chi connectivity index (χ3v) is 1.83. The molecular weight excluding hydrogens is 227 g/mol. The van der Waals surface area contributed by atoms with Gasteiger partial charge in [0, 0.05) is 6.20 Å². The summed E-state index contributed by atoms with van der Waals surface area (Å²) in [5.41, 5.74) is -1.86. The number of hydrogen-bond donors (Lipinski definition) is 0. The summed E-state index contributed by atoms with van der Waals surface area (Å²) in [5.74, 6) is -1.40. The predicted octanol–water partition coefficient (Wildman–Crippen LogP) is 1.90. The van der Waals surface area contributed by atoms with Crippen LogP contribution in [0.5, 0.6) is 5.75 Å². The number of methoxy groups -OCH3 is 2. The Kier molecular flexibility index (Phi) is 3.36. The van der Waals surface area contributed by atoms with E-state index in [4.69, 9.17) is 0 Å². The molecule has 0 fully saturated rings. The van der Waals surface area contributed by atoms with Crippen LogP contribution in [-0.2, 0) is 10.9 Å². The molecule has 0 aliphatic carbocycles. The Labute approximate surface area is 89.0 Å². The Morgan fingerprint density at radius 2 is 1.94 bits per heavy atom. The molecule has 0 saturated heterocycles. The van der Waals surface area contributed by atoms with Gasteiger partial charge in [0.15, 0.2) is 5.75 Å². The van der Waals surface area contributed by atoms with Gasteiger partial charge in [0.2, 0.25) is 0 Å². The Bertz CT molecular complexity index is 403. The fourth-order valence-electron chi connectivity index (χ4n) is 1.12. The number of esters is 1. The van der Waals surface area contributed by atoms with Crippen LogP contribution in [0.1, 0.15) is 15.9 Å². The SMILES string of the molecule is COC(=O)c1c(OC)cncc1C(F)(F)F. The van der Waals surface area contributed by atoms with E-state index in [1.807, 2.05) is 0 Å². The lowest BCUT2D eigenvalue weighted by molar-refractivity contribution is -0.138. The van der Waals surface area contributed by atoms with Crippen molar-refractivity contribution in [3.05, 3.63) is 23.5 Å². The lowest BCUT2D eigenvalue weighted by Gasteiger charge is -2.13. The normalized spacial score (nSPS) is 11.1. The molecule has 0 unspecified atom stereocenters. The number of pyridine rings is 1. The number of halogens is 3. The Balaban J connectivity index is 3.44. The molecule has 0 aromatic carbocycles. The molecular formula is C9H8F3NO3. The zero-order chi connectivity index (χ0) is 12.3. The van der Waals surface area contributed by atoms with Crippen LogP contribution in [0.3, 0.4) is 0 Å². The summed E-state index contributed by atoms with van der Waals surface area (Å²) in [5, 5.41) is 0. The van der Waals surface area contributed by atoms with Crippen LogP contribution in [0.15, 0.2) is 12.4 Å². The molecule has 7 heteroatoms. The van der Waals surface area contributed by atoms with Crippen LogP contribution in [0, 0.1) is 0 Å². The molecule has 4 nitrogen and oxygen atoms in total. The highest BCUT2D eigenvalue weighted by atomic mass is 19.4. The van der Waals surface area contributed by atoms with Gasteiger partial charge in [-0.05, 0) is 0 Å². The van der Waals surface area contributed by atoms with Crippen molar-refractivity contribution in [3.8, 4) is 5.75 Å². The van der Waals surface area contributed by atoms with Gasteiger partial charge in [-0.15, -0.1) is 0 Å². The van der Waals surface area contributed by atoms with Gasteiger partial charge in [-0.1, -0.05) is 0 Å². The highest BCUT2D eigenvalue weighted by Crippen LogP contribution is 2.35. The van der Waals surface area contributed by atoms with Gasteiger partial charge in [0.25, 0.3) is 0 Å². The Morgan fingerprint density at radius 1 is 1.31 bits per heavy atom. The molecule has 0 aliphatic heterocycles. The molecule has 1 aromatic heterocycles. The van der Waals surface area contributed by atoms with E-state index in [0.717, 1.165) is 20.4 Å². The molecule has 88 valence electrons. The fourth-order valence-corrected chi connectivity index (χ4v) is 1.12. The summed E-state index contributed by atoms with van der Waals surface area (Å²) in [4.78, 5) is 14.6. The van der Waals surface area contributed by atoms with Crippen LogP contribution in [0.25, 0.3) is 0 Å². The second kappa shape index (κ2) is 4.38. The molecule has 0 saturated carbocycles. The van der Waals surface area contributed by atoms with Crippen molar-refractivity contribution in [2.45, 2.75) is 6.18 Å². The van der Waals surface area contributed by atoms with Crippen molar-refractivity contribution in [2.24, 2.45) is 0 Å². The minimum Gasteiger partial charge on any atom is -0.494 e. The van der Waals surface area contributed by atoms with Crippen LogP contribution in [-0.4, -0.2) is 25.2 Å². The first-order chi connectivity index (χ1) is 7.41. The van der Waals surface area contributed by atoms with E-state index in [-0.39, 0.29) is 5.75 Å². The minimum absolute atomic E-state index is 0.276. The summed E-state index contributed by atoms with van der Waals surface area (Å²) >= 11 is 0. The van der Waals surface area contributed by atoms with E-state index in [0.29, 0.717) is 6.20 Å². The molecule has 0 amide bonds. The standard InChI is InChI=1S/C9H8F3NO3/c1-15-6-4-13-3-5(9(10,11)12)7(6)8(14)16-2/h3-4H,1-2H3. The molecule has 1 aromatic rings. The summed E-state index contributed by atoms with van der Waals surface area (Å²) in [7, 11) is 2.13. The first-order valence-corrected chi connectivity index (χ1v) is 4.09. The number of nitrogens with zero attached hydrogens (tertiary/aromatic N) is 1. The second-order valence-electron chi connectivity index (χ2n) is 2.75. The largest absolute Gasteiger partial charge is 0.494 e. The maximum Gasteiger partial charge on any atom is 0.418 e. The lowest BCUT2D eigenvalue weighted by atomic mass is 10.1. The smallest absolute Gasteiger partial charge is 0.418 e. The van der Waals surface area contributed by atoms with Crippen molar-refractivity contribution in [2.75, 3.05) is 14.2 Å². The van der Waals surface area contributed by atoms with E-state index < -0.39 is 23.3 Å². The molecule has 0 bridgehead atoms. The molecule has 1 rings (SSSR count). The van der Waals surface area contributed by atoms with Crippen LogP contribution in [0.2, 0.25) is 0 Å². The van der Waals surface area contributed by atoms with Crippen molar-refractivity contribution in [3.63, 3.8) is 0 Å². The molecule has 0 radical (unpaired) electrons. The Hall–Kier alpha value is -1.79. The van der Waals surface area contributed by atoms with E-state index in [1.54, 1.807) is 0 Å². The monoisotopic (exact) mass is 235 g/mol. The summed E-state index contributed by atoms with van der Waals surface area (Å²) < 4.78 is 46.6. The van der Waals surface area contributed by atoms with Crippen LogP contribution < -0.4 is 4.74 Å². The van der Waals surface area contributed by atoms with Crippen LogP contribution >= 0.6 is 0 Å². The zero-order valence-electron chi connectivity index (χ0n) is 8.46. The maximum absolute atomic E-state index is 12.6. The summed E-state index contributed by atoms with van der Waals surface area (Å²) in [6, 6.07) is 0. The summed E-state index contributed by atoms with van der Waals surface area (Å²) in [6.45, 7) is 0. The highest BCUT2D eigenvalue weighted by molar-refractivity contribution is 5.94. The number of ether oxygens (including phenoxy) is 2. The van der Waals surface area contributed by atoms with Gasteiger partial charge in [0.1, 0.15) is 5.56 Å². The quantitative estimate of drug-likeness (QED) is 0.734. The molecule has 0 aliphatic rings. The fraction of sp³-hybridized carbons (Fsp3) is 0.333. The van der Waals surface area contributed by atoms with Gasteiger partial charge in [-0.3, -0.25) is 4.98 Å². The van der Waals surface area contributed by atoms with Crippen molar-refractivity contribution in [1.82, 2.24) is 4.98 Å². The average molecular weight is 235 g/mol. The van der Waals surface area contributed by atoms with Gasteiger partial charge < -0.3 is 9.47 Å². The van der Waals surface area contributed by atoms with Crippen molar-refractivity contribution < 1.29 is 27.4 Å². The molecule has 16 heavy (non-hydrogen) atoms. The Morgan fingerprint density at radius 3 is 2.38 bits per heavy atom. The highest BCUT2D eigenvalue weighted by Gasteiger charge is 2.38. The van der Waals surface area contributed by atoms with E-state index >= 15 is 0 Å². The molecule has 0 N–H and O–H groups in total. The lowest BCUT2D eigenvalue weighted by Crippen LogP contribution is -2.16. The van der Waals surface area contributed by atoms with Gasteiger partial charge >= 0.3 is 12.1 Å². The number of rotatable bonds is 2. The zero-order valence-corrected chi connectivity index (χ0v) is 8.46. The minimum atomic E-state index is -4.69. The van der Waals surface area contributed by atoms with E-state index in [9.17, 15) is 18.0 Å². The topological polar surface area (TPSA) is 48.4 Å². The average Bonchev–Trinajstić information content (AvgIpc) is 2.25. The third kappa shape index (κ3) is 2.23. The van der Waals surface area contributed by atoms with Gasteiger partial charge in [0.05, 0.1) is 26.0 Å². The molecule has 0 atom stereocenters. The first-order valence-electron chi connectivity index (χ1n) is 4.09. The second-order valence-corrected chi connectivity index (χ2v) is 2.75. The number of alkyl halides is 3. The van der Waals surface area contributed by atoms with Gasteiger partial charge in [-0.25, -0.2) is 4.79 Å². The van der Waals surface area contributed by atoms with Crippen molar-refractivity contribution >= 4 is 5.97 Å². The maximum atomic E-state index is 12.6. The van der Waals surface area contributed by atoms with Gasteiger partial charge in [-0.2, -0.15) is 13.2 Å². The van der Waals surface area contributed by atoms with Crippen LogP contribution in [0.4, 0.5) is 13.2 Å². The summed E-state index contributed by atoms with van der Waals surface area (Å²) in [6.07, 6.45) is -3.12. The molecule has 1 heterocycles. The number of hydrogen-bond acceptors (Lipinski definition) is 4. The number of carbonyl (C=O) groups excluding carboxylic acids is 1. The molecule has 0 spiro atoms. The number of carbonyl (C=O) groups is 1.